The standard InChI is InChI=1S/C17H16N4O3/c1-2-6-14-16(20-10-4-3-9-15(20)19-14)17(22)18-12-7-5-8-13(11-12)21(23)24/h3-5,7-11H,2,6H2,1H3,(H,18,22). The smallest absolute Gasteiger partial charge is 0.274 e. The van der Waals surface area contributed by atoms with E-state index in [1.54, 1.807) is 16.7 Å². The number of amides is 1. The average molecular weight is 324 g/mol. The Labute approximate surface area is 138 Å². The van der Waals surface area contributed by atoms with Gasteiger partial charge < -0.3 is 5.32 Å². The molecular weight excluding hydrogens is 308 g/mol. The summed E-state index contributed by atoms with van der Waals surface area (Å²) in [5, 5.41) is 13.6. The molecule has 0 radical (unpaired) electrons. The van der Waals surface area contributed by atoms with Gasteiger partial charge in [-0.05, 0) is 24.6 Å². The lowest BCUT2D eigenvalue weighted by Gasteiger charge is -2.07. The van der Waals surface area contributed by atoms with Crippen LogP contribution in [0.3, 0.4) is 0 Å². The van der Waals surface area contributed by atoms with E-state index in [0.29, 0.717) is 29.1 Å². The number of pyridine rings is 1. The van der Waals surface area contributed by atoms with Gasteiger partial charge in [-0.15, -0.1) is 0 Å². The minimum absolute atomic E-state index is 0.0697. The maximum absolute atomic E-state index is 12.7. The van der Waals surface area contributed by atoms with Crippen LogP contribution in [0.2, 0.25) is 0 Å². The molecule has 122 valence electrons. The first-order valence-electron chi connectivity index (χ1n) is 7.62. The van der Waals surface area contributed by atoms with Crippen LogP contribution in [0.5, 0.6) is 0 Å². The zero-order valence-electron chi connectivity index (χ0n) is 13.1. The van der Waals surface area contributed by atoms with E-state index in [2.05, 4.69) is 10.3 Å². The van der Waals surface area contributed by atoms with Crippen molar-refractivity contribution in [3.63, 3.8) is 0 Å². The first kappa shape index (κ1) is 15.7. The van der Waals surface area contributed by atoms with E-state index >= 15 is 0 Å². The first-order valence-corrected chi connectivity index (χ1v) is 7.62. The summed E-state index contributed by atoms with van der Waals surface area (Å²) in [4.78, 5) is 27.6. The molecule has 2 heterocycles. The van der Waals surface area contributed by atoms with Crippen molar-refractivity contribution in [1.29, 1.82) is 0 Å². The highest BCUT2D eigenvalue weighted by molar-refractivity contribution is 6.04. The van der Waals surface area contributed by atoms with Gasteiger partial charge in [0.05, 0.1) is 10.6 Å². The summed E-state index contributed by atoms with van der Waals surface area (Å²) in [6.45, 7) is 2.02. The summed E-state index contributed by atoms with van der Waals surface area (Å²) in [6.07, 6.45) is 3.32. The summed E-state index contributed by atoms with van der Waals surface area (Å²) in [5.74, 6) is -0.336. The number of aryl methyl sites for hydroxylation is 1. The summed E-state index contributed by atoms with van der Waals surface area (Å²) < 4.78 is 1.73. The molecule has 0 atom stereocenters. The van der Waals surface area contributed by atoms with Gasteiger partial charge in [0.25, 0.3) is 11.6 Å². The van der Waals surface area contributed by atoms with Crippen molar-refractivity contribution < 1.29 is 9.72 Å². The van der Waals surface area contributed by atoms with Gasteiger partial charge >= 0.3 is 0 Å². The number of nitrogens with one attached hydrogen (secondary N) is 1. The lowest BCUT2D eigenvalue weighted by Crippen LogP contribution is -2.16. The number of fused-ring (bicyclic) bond motifs is 1. The van der Waals surface area contributed by atoms with E-state index in [9.17, 15) is 14.9 Å². The van der Waals surface area contributed by atoms with Crippen LogP contribution in [0.4, 0.5) is 11.4 Å². The fourth-order valence-electron chi connectivity index (χ4n) is 2.58. The quantitative estimate of drug-likeness (QED) is 0.575. The number of hydrogen-bond acceptors (Lipinski definition) is 4. The molecule has 3 rings (SSSR count). The number of imidazole rings is 1. The van der Waals surface area contributed by atoms with Crippen LogP contribution in [0.15, 0.2) is 48.7 Å². The summed E-state index contributed by atoms with van der Waals surface area (Å²) in [7, 11) is 0. The maximum Gasteiger partial charge on any atom is 0.274 e. The van der Waals surface area contributed by atoms with Crippen LogP contribution in [-0.2, 0) is 6.42 Å². The fourth-order valence-corrected chi connectivity index (χ4v) is 2.58. The van der Waals surface area contributed by atoms with Crippen molar-refractivity contribution in [2.24, 2.45) is 0 Å². The van der Waals surface area contributed by atoms with Crippen molar-refractivity contribution in [1.82, 2.24) is 9.38 Å². The minimum Gasteiger partial charge on any atom is -0.320 e. The molecule has 0 unspecified atom stereocenters. The molecule has 0 spiro atoms. The van der Waals surface area contributed by atoms with E-state index < -0.39 is 4.92 Å². The molecule has 0 aliphatic heterocycles. The second kappa shape index (κ2) is 6.49. The van der Waals surface area contributed by atoms with Crippen LogP contribution in [0.1, 0.15) is 29.5 Å². The predicted molar refractivity (Wildman–Crippen MR) is 90.2 cm³/mol. The van der Waals surface area contributed by atoms with Crippen LogP contribution in [-0.4, -0.2) is 20.2 Å². The summed E-state index contributed by atoms with van der Waals surface area (Å²) in [5.41, 5.74) is 2.18. The van der Waals surface area contributed by atoms with Crippen molar-refractivity contribution >= 4 is 22.9 Å². The molecule has 24 heavy (non-hydrogen) atoms. The Kier molecular flexibility index (Phi) is 4.24. The molecule has 1 amide bonds. The Morgan fingerprint density at radius 3 is 2.88 bits per heavy atom. The van der Waals surface area contributed by atoms with E-state index in [0.717, 1.165) is 6.42 Å². The Balaban J connectivity index is 1.98. The van der Waals surface area contributed by atoms with E-state index in [4.69, 9.17) is 0 Å². The summed E-state index contributed by atoms with van der Waals surface area (Å²) >= 11 is 0. The largest absolute Gasteiger partial charge is 0.320 e. The molecule has 7 nitrogen and oxygen atoms in total. The van der Waals surface area contributed by atoms with Gasteiger partial charge in [0.15, 0.2) is 0 Å². The van der Waals surface area contributed by atoms with Gasteiger partial charge in [-0.3, -0.25) is 19.3 Å². The lowest BCUT2D eigenvalue weighted by molar-refractivity contribution is -0.384. The minimum atomic E-state index is -0.494. The fraction of sp³-hybridized carbons (Fsp3) is 0.176. The van der Waals surface area contributed by atoms with E-state index in [1.165, 1.54) is 18.2 Å². The Morgan fingerprint density at radius 1 is 1.29 bits per heavy atom. The average Bonchev–Trinajstić information content (AvgIpc) is 2.93. The normalized spacial score (nSPS) is 10.7. The first-order chi connectivity index (χ1) is 11.6. The van der Waals surface area contributed by atoms with Gasteiger partial charge in [-0.1, -0.05) is 25.5 Å². The topological polar surface area (TPSA) is 89.5 Å². The maximum atomic E-state index is 12.7. The molecule has 3 aromatic rings. The monoisotopic (exact) mass is 324 g/mol. The molecule has 0 saturated carbocycles. The number of nitrogens with zero attached hydrogens (tertiary/aromatic N) is 3. The SMILES string of the molecule is CCCc1nc2ccccn2c1C(=O)Nc1cccc([N+](=O)[O-])c1. The van der Waals surface area contributed by atoms with Crippen LogP contribution in [0, 0.1) is 10.1 Å². The third kappa shape index (κ3) is 2.96. The lowest BCUT2D eigenvalue weighted by atomic mass is 10.2. The highest BCUT2D eigenvalue weighted by atomic mass is 16.6. The van der Waals surface area contributed by atoms with Crippen molar-refractivity contribution in [3.05, 3.63) is 70.2 Å². The molecule has 0 aliphatic carbocycles. The second-order valence-corrected chi connectivity index (χ2v) is 5.35. The molecule has 1 aromatic carbocycles. The number of anilines is 1. The molecule has 1 N–H and O–H groups in total. The van der Waals surface area contributed by atoms with Gasteiger partial charge in [0, 0.05) is 24.0 Å². The van der Waals surface area contributed by atoms with E-state index in [1.807, 2.05) is 25.1 Å². The van der Waals surface area contributed by atoms with Gasteiger partial charge in [0.1, 0.15) is 11.3 Å². The number of carbonyl (C=O) groups is 1. The predicted octanol–water partition coefficient (Wildman–Crippen LogP) is 3.45. The molecule has 0 aliphatic rings. The highest BCUT2D eigenvalue weighted by Crippen LogP contribution is 2.20. The molecular formula is C17H16N4O3. The number of nitro benzene ring substituents is 1. The van der Waals surface area contributed by atoms with Gasteiger partial charge in [-0.2, -0.15) is 0 Å². The number of benzene rings is 1. The molecule has 0 bridgehead atoms. The van der Waals surface area contributed by atoms with E-state index in [-0.39, 0.29) is 11.6 Å². The summed E-state index contributed by atoms with van der Waals surface area (Å²) in [6, 6.07) is 11.4. The number of nitro groups is 1. The number of carbonyl (C=O) groups excluding carboxylic acids is 1. The Bertz CT molecular complexity index is 917. The molecule has 0 saturated heterocycles. The molecule has 2 aromatic heterocycles. The second-order valence-electron chi connectivity index (χ2n) is 5.35. The van der Waals surface area contributed by atoms with Crippen LogP contribution >= 0.6 is 0 Å². The zero-order valence-corrected chi connectivity index (χ0v) is 13.1. The molecule has 7 heteroatoms. The Hall–Kier alpha value is -3.22. The molecule has 0 fully saturated rings. The number of hydrogen-bond donors (Lipinski definition) is 1. The van der Waals surface area contributed by atoms with Gasteiger partial charge in [-0.25, -0.2) is 4.98 Å². The van der Waals surface area contributed by atoms with Crippen molar-refractivity contribution in [2.75, 3.05) is 5.32 Å². The van der Waals surface area contributed by atoms with Crippen molar-refractivity contribution in [3.8, 4) is 0 Å². The van der Waals surface area contributed by atoms with Crippen LogP contribution in [0.25, 0.3) is 5.65 Å². The number of rotatable bonds is 5. The van der Waals surface area contributed by atoms with Crippen molar-refractivity contribution in [2.45, 2.75) is 19.8 Å². The third-order valence-corrected chi connectivity index (χ3v) is 3.62. The number of non-ortho nitro benzene ring substituents is 1. The number of aromatic nitrogens is 2. The van der Waals surface area contributed by atoms with Gasteiger partial charge in [0.2, 0.25) is 0 Å². The van der Waals surface area contributed by atoms with Crippen LogP contribution < -0.4 is 5.32 Å². The Morgan fingerprint density at radius 2 is 2.12 bits per heavy atom. The highest BCUT2D eigenvalue weighted by Gasteiger charge is 2.19. The zero-order chi connectivity index (χ0) is 17.1. The third-order valence-electron chi connectivity index (χ3n) is 3.62.